The van der Waals surface area contributed by atoms with Crippen LogP contribution in [0.2, 0.25) is 0 Å². The van der Waals surface area contributed by atoms with Crippen LogP contribution in [0.5, 0.6) is 0 Å². The molecule has 122 valence electrons. The van der Waals surface area contributed by atoms with E-state index in [-0.39, 0.29) is 30.4 Å². The van der Waals surface area contributed by atoms with Gasteiger partial charge in [-0.2, -0.15) is 0 Å². The van der Waals surface area contributed by atoms with Crippen molar-refractivity contribution in [2.75, 3.05) is 26.7 Å². The second-order valence-corrected chi connectivity index (χ2v) is 6.59. The Hall–Kier alpha value is -1.11. The largest absolute Gasteiger partial charge is 0.313 e. The Bertz CT molecular complexity index is 390. The van der Waals surface area contributed by atoms with E-state index in [9.17, 15) is 14.4 Å². The summed E-state index contributed by atoms with van der Waals surface area (Å²) in [6.45, 7) is 9.40. The Balaban J connectivity index is 4.38. The van der Waals surface area contributed by atoms with Crippen molar-refractivity contribution in [3.8, 4) is 0 Å². The van der Waals surface area contributed by atoms with E-state index in [1.807, 2.05) is 13.8 Å². The molecule has 6 heteroatoms. The Morgan fingerprint density at radius 1 is 0.905 bits per heavy atom. The van der Waals surface area contributed by atoms with Gasteiger partial charge < -0.3 is 10.6 Å². The first-order chi connectivity index (χ1) is 9.50. The Labute approximate surface area is 127 Å². The summed E-state index contributed by atoms with van der Waals surface area (Å²) in [5.41, 5.74) is -1.22. The van der Waals surface area contributed by atoms with E-state index in [0.717, 1.165) is 0 Å². The van der Waals surface area contributed by atoms with Crippen molar-refractivity contribution < 1.29 is 14.4 Å². The molecule has 6 nitrogen and oxygen atoms in total. The first kappa shape index (κ1) is 19.9. The summed E-state index contributed by atoms with van der Waals surface area (Å²) in [5, 5.41) is 8.88. The molecule has 0 aromatic carbocycles. The molecular weight excluding hydrogens is 270 g/mol. The van der Waals surface area contributed by atoms with E-state index in [1.165, 1.54) is 6.92 Å². The van der Waals surface area contributed by atoms with E-state index < -0.39 is 11.1 Å². The van der Waals surface area contributed by atoms with Gasteiger partial charge in [0.2, 0.25) is 0 Å². The lowest BCUT2D eigenvalue weighted by molar-refractivity contribution is -0.125. The molecule has 0 saturated carbocycles. The van der Waals surface area contributed by atoms with E-state index in [0.29, 0.717) is 13.0 Å². The van der Waals surface area contributed by atoms with Gasteiger partial charge in [-0.1, -0.05) is 0 Å². The number of carbonyl (C=O) groups is 3. The molecule has 3 N–H and O–H groups in total. The average Bonchev–Trinajstić information content (AvgIpc) is 2.33. The van der Waals surface area contributed by atoms with Gasteiger partial charge in [-0.25, -0.2) is 0 Å². The molecule has 0 spiro atoms. The lowest BCUT2D eigenvalue weighted by atomic mass is 9.94. The summed E-state index contributed by atoms with van der Waals surface area (Å²) in [6.07, 6.45) is 0.350. The van der Waals surface area contributed by atoms with Crippen LogP contribution in [0.1, 0.15) is 41.0 Å². The van der Waals surface area contributed by atoms with Crippen LogP contribution in [0.4, 0.5) is 0 Å². The monoisotopic (exact) mass is 299 g/mol. The highest BCUT2D eigenvalue weighted by molar-refractivity contribution is 5.90. The number of nitrogens with one attached hydrogen (secondary N) is 3. The van der Waals surface area contributed by atoms with Gasteiger partial charge in [0, 0.05) is 12.0 Å². The fourth-order valence-electron chi connectivity index (χ4n) is 1.80. The van der Waals surface area contributed by atoms with Crippen LogP contribution in [0.25, 0.3) is 0 Å². The maximum atomic E-state index is 12.2. The maximum absolute atomic E-state index is 12.2. The molecule has 0 aromatic heterocycles. The summed E-state index contributed by atoms with van der Waals surface area (Å²) < 4.78 is 0. The number of Topliss-reactive ketones (excluding diaryl/α,β-unsaturated/α-hetero) is 3. The fraction of sp³-hybridized carbons (Fsp3) is 0.800. The van der Waals surface area contributed by atoms with Gasteiger partial charge in [-0.15, -0.1) is 0 Å². The number of carbonyl (C=O) groups excluding carboxylic acids is 3. The molecule has 0 unspecified atom stereocenters. The maximum Gasteiger partial charge on any atom is 0.166 e. The van der Waals surface area contributed by atoms with Gasteiger partial charge in [0.15, 0.2) is 5.78 Å². The topological polar surface area (TPSA) is 87.3 Å². The first-order valence-electron chi connectivity index (χ1n) is 7.19. The van der Waals surface area contributed by atoms with Crippen molar-refractivity contribution in [2.45, 2.75) is 52.1 Å². The van der Waals surface area contributed by atoms with Gasteiger partial charge in [0.25, 0.3) is 0 Å². The highest BCUT2D eigenvalue weighted by atomic mass is 16.1. The highest BCUT2D eigenvalue weighted by Crippen LogP contribution is 2.10. The molecule has 21 heavy (non-hydrogen) atoms. The molecule has 0 aliphatic carbocycles. The molecule has 0 radical (unpaired) electrons. The van der Waals surface area contributed by atoms with Crippen molar-refractivity contribution >= 4 is 17.3 Å². The van der Waals surface area contributed by atoms with Gasteiger partial charge >= 0.3 is 0 Å². The van der Waals surface area contributed by atoms with Crippen LogP contribution in [-0.2, 0) is 14.4 Å². The Morgan fingerprint density at radius 2 is 1.48 bits per heavy atom. The van der Waals surface area contributed by atoms with Crippen LogP contribution in [0, 0.1) is 0 Å². The van der Waals surface area contributed by atoms with Crippen LogP contribution in [0.3, 0.4) is 0 Å². The summed E-state index contributed by atoms with van der Waals surface area (Å²) >= 11 is 0. The zero-order valence-electron chi connectivity index (χ0n) is 14.1. The third-order valence-corrected chi connectivity index (χ3v) is 3.22. The summed E-state index contributed by atoms with van der Waals surface area (Å²) in [6, 6.07) is 0. The molecule has 0 bridgehead atoms. The number of ketones is 3. The van der Waals surface area contributed by atoms with Gasteiger partial charge in [-0.3, -0.25) is 19.7 Å². The molecular formula is C15H29N3O3. The van der Waals surface area contributed by atoms with E-state index >= 15 is 0 Å². The molecule has 0 saturated heterocycles. The predicted octanol–water partition coefficient (Wildman–Crippen LogP) is 0.0595. The van der Waals surface area contributed by atoms with Gasteiger partial charge in [0.1, 0.15) is 11.6 Å². The van der Waals surface area contributed by atoms with Crippen molar-refractivity contribution in [3.63, 3.8) is 0 Å². The van der Waals surface area contributed by atoms with Crippen molar-refractivity contribution in [1.82, 2.24) is 16.0 Å². The molecule has 0 atom stereocenters. The van der Waals surface area contributed by atoms with Crippen LogP contribution in [0.15, 0.2) is 0 Å². The second-order valence-electron chi connectivity index (χ2n) is 6.59. The lowest BCUT2D eigenvalue weighted by Crippen LogP contribution is -2.54. The minimum atomic E-state index is -0.774. The summed E-state index contributed by atoms with van der Waals surface area (Å²) in [4.78, 5) is 34.8. The Morgan fingerprint density at radius 3 is 1.95 bits per heavy atom. The molecule has 0 fully saturated rings. The third-order valence-electron chi connectivity index (χ3n) is 3.22. The normalized spacial score (nSPS) is 12.3. The zero-order chi connectivity index (χ0) is 16.7. The quantitative estimate of drug-likeness (QED) is 0.500. The minimum Gasteiger partial charge on any atom is -0.313 e. The molecule has 0 amide bonds. The molecule has 0 heterocycles. The number of rotatable bonds is 11. The molecule has 0 aromatic rings. The third kappa shape index (κ3) is 8.70. The van der Waals surface area contributed by atoms with E-state index in [2.05, 4.69) is 16.0 Å². The van der Waals surface area contributed by atoms with Crippen molar-refractivity contribution in [3.05, 3.63) is 0 Å². The fourth-order valence-corrected chi connectivity index (χ4v) is 1.80. The van der Waals surface area contributed by atoms with Crippen LogP contribution < -0.4 is 16.0 Å². The zero-order valence-corrected chi connectivity index (χ0v) is 14.1. The van der Waals surface area contributed by atoms with Crippen molar-refractivity contribution in [2.24, 2.45) is 0 Å². The summed E-state index contributed by atoms with van der Waals surface area (Å²) in [7, 11) is 1.73. The van der Waals surface area contributed by atoms with Crippen molar-refractivity contribution in [1.29, 1.82) is 0 Å². The molecule has 0 aliphatic rings. The smallest absolute Gasteiger partial charge is 0.166 e. The average molecular weight is 299 g/mol. The number of hydrogen-bond donors (Lipinski definition) is 3. The Kier molecular flexibility index (Phi) is 7.92. The standard InChI is InChI=1S/C15H29N3O3/c1-11(19)8-18-15(4,5)13(21)10-17-14(2,3)7-12(20)9-16-6/h16-18H,7-10H2,1-6H3. The highest BCUT2D eigenvalue weighted by Gasteiger charge is 2.29. The van der Waals surface area contributed by atoms with Gasteiger partial charge in [-0.05, 0) is 41.7 Å². The lowest BCUT2D eigenvalue weighted by Gasteiger charge is -2.29. The number of hydrogen-bond acceptors (Lipinski definition) is 6. The SMILES string of the molecule is CNCC(=O)CC(C)(C)NCC(=O)C(C)(C)NCC(C)=O. The summed E-state index contributed by atoms with van der Waals surface area (Å²) in [5.74, 6) is 0.0381. The van der Waals surface area contributed by atoms with Crippen LogP contribution in [-0.4, -0.2) is 55.1 Å². The second kappa shape index (κ2) is 8.36. The van der Waals surface area contributed by atoms with E-state index in [4.69, 9.17) is 0 Å². The first-order valence-corrected chi connectivity index (χ1v) is 7.19. The molecule has 0 rings (SSSR count). The number of likely N-dealkylation sites (N-methyl/N-ethyl adjacent to an activating group) is 1. The van der Waals surface area contributed by atoms with E-state index in [1.54, 1.807) is 20.9 Å². The van der Waals surface area contributed by atoms with Gasteiger partial charge in [0.05, 0.1) is 25.2 Å². The minimum absolute atomic E-state index is 0.0122. The van der Waals surface area contributed by atoms with Crippen LogP contribution >= 0.6 is 0 Å². The predicted molar refractivity (Wildman–Crippen MR) is 83.4 cm³/mol. The molecule has 0 aliphatic heterocycles.